The SMILES string of the molecule is OC1CCC(c2ccc(Cl)c(C3CCC3)c2)CC1. The highest BCUT2D eigenvalue weighted by molar-refractivity contribution is 6.31. The molecule has 2 saturated carbocycles. The van der Waals surface area contributed by atoms with Crippen molar-refractivity contribution in [1.82, 2.24) is 0 Å². The maximum Gasteiger partial charge on any atom is 0.0540 e. The summed E-state index contributed by atoms with van der Waals surface area (Å²) in [6.07, 6.45) is 8.01. The molecule has 0 saturated heterocycles. The molecule has 2 heteroatoms. The van der Waals surface area contributed by atoms with Gasteiger partial charge in [-0.1, -0.05) is 30.2 Å². The summed E-state index contributed by atoms with van der Waals surface area (Å²) in [6, 6.07) is 6.61. The Balaban J connectivity index is 1.79. The minimum Gasteiger partial charge on any atom is -0.393 e. The molecule has 3 rings (SSSR count). The first-order valence-electron chi connectivity index (χ1n) is 7.21. The maximum atomic E-state index is 9.59. The third-order valence-corrected chi connectivity index (χ3v) is 5.08. The van der Waals surface area contributed by atoms with Crippen molar-refractivity contribution >= 4 is 11.6 Å². The molecule has 0 heterocycles. The van der Waals surface area contributed by atoms with Crippen LogP contribution in [0, 0.1) is 0 Å². The minimum absolute atomic E-state index is 0.0698. The Morgan fingerprint density at radius 2 is 1.67 bits per heavy atom. The van der Waals surface area contributed by atoms with Crippen LogP contribution in [0.1, 0.15) is 67.9 Å². The molecule has 98 valence electrons. The second-order valence-corrected chi connectivity index (χ2v) is 6.32. The topological polar surface area (TPSA) is 20.2 Å². The quantitative estimate of drug-likeness (QED) is 0.826. The van der Waals surface area contributed by atoms with Crippen molar-refractivity contribution in [3.63, 3.8) is 0 Å². The molecule has 0 aliphatic heterocycles. The summed E-state index contributed by atoms with van der Waals surface area (Å²) in [7, 11) is 0. The number of aliphatic hydroxyl groups excluding tert-OH is 1. The fourth-order valence-corrected chi connectivity index (χ4v) is 3.53. The van der Waals surface area contributed by atoms with E-state index in [0.717, 1.165) is 30.7 Å². The average molecular weight is 265 g/mol. The Morgan fingerprint density at radius 1 is 0.944 bits per heavy atom. The monoisotopic (exact) mass is 264 g/mol. The molecule has 0 amide bonds. The molecule has 1 nitrogen and oxygen atoms in total. The van der Waals surface area contributed by atoms with E-state index >= 15 is 0 Å². The zero-order valence-corrected chi connectivity index (χ0v) is 11.5. The van der Waals surface area contributed by atoms with E-state index in [0.29, 0.717) is 11.8 Å². The zero-order valence-electron chi connectivity index (χ0n) is 10.7. The fourth-order valence-electron chi connectivity index (χ4n) is 3.26. The van der Waals surface area contributed by atoms with E-state index in [4.69, 9.17) is 11.6 Å². The number of benzene rings is 1. The lowest BCUT2D eigenvalue weighted by Crippen LogP contribution is -2.17. The summed E-state index contributed by atoms with van der Waals surface area (Å²) >= 11 is 6.33. The molecule has 0 spiro atoms. The van der Waals surface area contributed by atoms with Crippen molar-refractivity contribution in [2.75, 3.05) is 0 Å². The smallest absolute Gasteiger partial charge is 0.0540 e. The Kier molecular flexibility index (Phi) is 3.63. The van der Waals surface area contributed by atoms with Crippen molar-refractivity contribution in [3.8, 4) is 0 Å². The van der Waals surface area contributed by atoms with Gasteiger partial charge in [-0.25, -0.2) is 0 Å². The van der Waals surface area contributed by atoms with Gasteiger partial charge in [0.15, 0.2) is 0 Å². The summed E-state index contributed by atoms with van der Waals surface area (Å²) in [5.41, 5.74) is 2.81. The van der Waals surface area contributed by atoms with Crippen molar-refractivity contribution in [2.24, 2.45) is 0 Å². The summed E-state index contributed by atoms with van der Waals surface area (Å²) in [4.78, 5) is 0. The highest BCUT2D eigenvalue weighted by Crippen LogP contribution is 2.42. The first-order chi connectivity index (χ1) is 8.74. The van der Waals surface area contributed by atoms with Gasteiger partial charge in [0.2, 0.25) is 0 Å². The van der Waals surface area contributed by atoms with Gasteiger partial charge in [-0.2, -0.15) is 0 Å². The third kappa shape index (κ3) is 2.44. The lowest BCUT2D eigenvalue weighted by Gasteiger charge is -2.29. The molecule has 0 radical (unpaired) electrons. The van der Waals surface area contributed by atoms with E-state index in [9.17, 15) is 5.11 Å². The molecule has 18 heavy (non-hydrogen) atoms. The Morgan fingerprint density at radius 3 is 2.28 bits per heavy atom. The van der Waals surface area contributed by atoms with Gasteiger partial charge in [0.25, 0.3) is 0 Å². The van der Waals surface area contributed by atoms with Crippen LogP contribution in [0.5, 0.6) is 0 Å². The summed E-state index contributed by atoms with van der Waals surface area (Å²) < 4.78 is 0. The molecule has 0 unspecified atom stereocenters. The molecule has 1 aromatic rings. The lowest BCUT2D eigenvalue weighted by molar-refractivity contribution is 0.122. The number of hydrogen-bond acceptors (Lipinski definition) is 1. The zero-order chi connectivity index (χ0) is 12.5. The van der Waals surface area contributed by atoms with E-state index in [1.54, 1.807) is 0 Å². The number of hydrogen-bond donors (Lipinski definition) is 1. The molecular formula is C16H21ClO. The number of rotatable bonds is 2. The van der Waals surface area contributed by atoms with Crippen LogP contribution >= 0.6 is 11.6 Å². The predicted octanol–water partition coefficient (Wildman–Crippen LogP) is 4.63. The second kappa shape index (κ2) is 5.22. The Hall–Kier alpha value is -0.530. The first-order valence-corrected chi connectivity index (χ1v) is 7.59. The van der Waals surface area contributed by atoms with Gasteiger partial charge in [-0.15, -0.1) is 0 Å². The molecule has 2 aliphatic carbocycles. The second-order valence-electron chi connectivity index (χ2n) is 5.91. The van der Waals surface area contributed by atoms with Gasteiger partial charge < -0.3 is 5.11 Å². The van der Waals surface area contributed by atoms with Crippen LogP contribution < -0.4 is 0 Å². The van der Waals surface area contributed by atoms with Gasteiger partial charge in [0.1, 0.15) is 0 Å². The largest absolute Gasteiger partial charge is 0.393 e. The van der Waals surface area contributed by atoms with Crippen molar-refractivity contribution < 1.29 is 5.11 Å². The van der Waals surface area contributed by atoms with E-state index < -0.39 is 0 Å². The van der Waals surface area contributed by atoms with E-state index in [2.05, 4.69) is 18.2 Å². The van der Waals surface area contributed by atoms with Gasteiger partial charge in [0.05, 0.1) is 6.10 Å². The van der Waals surface area contributed by atoms with E-state index in [-0.39, 0.29) is 6.10 Å². The van der Waals surface area contributed by atoms with Gasteiger partial charge in [0, 0.05) is 5.02 Å². The first kappa shape index (κ1) is 12.5. The van der Waals surface area contributed by atoms with Crippen LogP contribution in [0.4, 0.5) is 0 Å². The molecule has 1 N–H and O–H groups in total. The molecule has 2 aliphatic rings. The molecule has 2 fully saturated rings. The molecule has 0 aromatic heterocycles. The molecular weight excluding hydrogens is 244 g/mol. The van der Waals surface area contributed by atoms with Crippen molar-refractivity contribution in [2.45, 2.75) is 62.9 Å². The predicted molar refractivity (Wildman–Crippen MR) is 75.3 cm³/mol. The Labute approximate surface area is 114 Å². The Bertz CT molecular complexity index is 417. The third-order valence-electron chi connectivity index (χ3n) is 4.73. The van der Waals surface area contributed by atoms with Gasteiger partial charge >= 0.3 is 0 Å². The fraction of sp³-hybridized carbons (Fsp3) is 0.625. The lowest BCUT2D eigenvalue weighted by atomic mass is 9.77. The minimum atomic E-state index is -0.0698. The highest BCUT2D eigenvalue weighted by atomic mass is 35.5. The van der Waals surface area contributed by atoms with Crippen LogP contribution in [0.3, 0.4) is 0 Å². The molecule has 0 atom stereocenters. The summed E-state index contributed by atoms with van der Waals surface area (Å²) in [5.74, 6) is 1.33. The van der Waals surface area contributed by atoms with Crippen LogP contribution in [0.2, 0.25) is 5.02 Å². The van der Waals surface area contributed by atoms with Crippen molar-refractivity contribution in [3.05, 3.63) is 34.3 Å². The normalized spacial score (nSPS) is 29.0. The van der Waals surface area contributed by atoms with Crippen LogP contribution in [-0.4, -0.2) is 11.2 Å². The van der Waals surface area contributed by atoms with Gasteiger partial charge in [-0.3, -0.25) is 0 Å². The van der Waals surface area contributed by atoms with Crippen LogP contribution in [0.25, 0.3) is 0 Å². The molecule has 0 bridgehead atoms. The number of aliphatic hydroxyl groups is 1. The molecule has 1 aromatic carbocycles. The number of halogens is 1. The summed E-state index contributed by atoms with van der Waals surface area (Å²) in [5, 5.41) is 10.5. The van der Waals surface area contributed by atoms with Gasteiger partial charge in [-0.05, 0) is 67.6 Å². The summed E-state index contributed by atoms with van der Waals surface area (Å²) in [6.45, 7) is 0. The highest BCUT2D eigenvalue weighted by Gasteiger charge is 2.25. The van der Waals surface area contributed by atoms with E-state index in [1.807, 2.05) is 0 Å². The van der Waals surface area contributed by atoms with E-state index in [1.165, 1.54) is 30.4 Å². The van der Waals surface area contributed by atoms with Crippen LogP contribution in [0.15, 0.2) is 18.2 Å². The van der Waals surface area contributed by atoms with Crippen LogP contribution in [-0.2, 0) is 0 Å². The van der Waals surface area contributed by atoms with Crippen molar-refractivity contribution in [1.29, 1.82) is 0 Å². The average Bonchev–Trinajstić information content (AvgIpc) is 2.31. The maximum absolute atomic E-state index is 9.59. The standard InChI is InChI=1S/C16H21ClO/c17-16-9-6-13(10-15(16)12-2-1-3-12)11-4-7-14(18)8-5-11/h6,9-12,14,18H,1-5,7-8H2.